The number of halogens is 4. The molecule has 0 aliphatic heterocycles. The Hall–Kier alpha value is -0.750. The van der Waals surface area contributed by atoms with E-state index >= 15 is 0 Å². The Kier molecular flexibility index (Phi) is 12.0. The number of ether oxygens (including phenoxy) is 1. The SMILES string of the molecule is CCCCCCCCCCCCSc1c(F)c(F)c(COC)c(F)c1F. The van der Waals surface area contributed by atoms with E-state index in [4.69, 9.17) is 0 Å². The second-order valence-corrected chi connectivity index (χ2v) is 7.63. The minimum atomic E-state index is -1.36. The van der Waals surface area contributed by atoms with Crippen molar-refractivity contribution in [1.29, 1.82) is 0 Å². The van der Waals surface area contributed by atoms with Gasteiger partial charge in [-0.3, -0.25) is 0 Å². The number of thioether (sulfide) groups is 1. The van der Waals surface area contributed by atoms with Crippen LogP contribution >= 0.6 is 11.8 Å². The van der Waals surface area contributed by atoms with Crippen LogP contribution in [0.4, 0.5) is 17.6 Å². The summed E-state index contributed by atoms with van der Waals surface area (Å²) in [7, 11) is 1.21. The minimum Gasteiger partial charge on any atom is -0.380 e. The molecule has 0 atom stereocenters. The van der Waals surface area contributed by atoms with Gasteiger partial charge < -0.3 is 4.74 Å². The summed E-state index contributed by atoms with van der Waals surface area (Å²) < 4.78 is 60.2. The molecule has 0 amide bonds. The van der Waals surface area contributed by atoms with Crippen LogP contribution in [-0.4, -0.2) is 12.9 Å². The zero-order valence-corrected chi connectivity index (χ0v) is 16.6. The summed E-state index contributed by atoms with van der Waals surface area (Å²) in [5.41, 5.74) is -0.703. The highest BCUT2D eigenvalue weighted by molar-refractivity contribution is 7.99. The Morgan fingerprint density at radius 3 is 1.62 bits per heavy atom. The summed E-state index contributed by atoms with van der Waals surface area (Å²) in [5.74, 6) is -4.94. The molecule has 0 aliphatic rings. The van der Waals surface area contributed by atoms with E-state index in [1.54, 1.807) is 0 Å². The maximum Gasteiger partial charge on any atom is 0.175 e. The summed E-state index contributed by atoms with van der Waals surface area (Å²) in [5, 5.41) is 0. The zero-order chi connectivity index (χ0) is 19.4. The van der Waals surface area contributed by atoms with Crippen molar-refractivity contribution in [3.05, 3.63) is 28.8 Å². The Bertz CT molecular complexity index is 508. The van der Waals surface area contributed by atoms with Gasteiger partial charge in [0.25, 0.3) is 0 Å². The van der Waals surface area contributed by atoms with Gasteiger partial charge in [-0.05, 0) is 12.2 Å². The molecule has 0 fully saturated rings. The number of methoxy groups -OCH3 is 1. The minimum absolute atomic E-state index is 0.437. The van der Waals surface area contributed by atoms with E-state index in [1.807, 2.05) is 0 Å². The van der Waals surface area contributed by atoms with Crippen LogP contribution in [0, 0.1) is 23.3 Å². The molecule has 0 bridgehead atoms. The predicted molar refractivity (Wildman–Crippen MR) is 99.6 cm³/mol. The Balaban J connectivity index is 2.31. The molecule has 1 rings (SSSR count). The van der Waals surface area contributed by atoms with E-state index in [2.05, 4.69) is 11.7 Å². The van der Waals surface area contributed by atoms with Gasteiger partial charge in [0.1, 0.15) is 0 Å². The van der Waals surface area contributed by atoms with Crippen LogP contribution in [0.25, 0.3) is 0 Å². The molecule has 1 aromatic carbocycles. The van der Waals surface area contributed by atoms with Crippen molar-refractivity contribution in [3.63, 3.8) is 0 Å². The Morgan fingerprint density at radius 1 is 0.692 bits per heavy atom. The van der Waals surface area contributed by atoms with Gasteiger partial charge in [0, 0.05) is 7.11 Å². The van der Waals surface area contributed by atoms with Crippen molar-refractivity contribution in [2.24, 2.45) is 0 Å². The first kappa shape index (κ1) is 23.3. The number of benzene rings is 1. The quantitative estimate of drug-likeness (QED) is 0.141. The summed E-state index contributed by atoms with van der Waals surface area (Å²) in [6.45, 7) is 1.70. The molecule has 1 aromatic rings. The number of hydrogen-bond donors (Lipinski definition) is 0. The van der Waals surface area contributed by atoms with Crippen LogP contribution < -0.4 is 0 Å². The molecule has 1 nitrogen and oxygen atoms in total. The third kappa shape index (κ3) is 7.47. The highest BCUT2D eigenvalue weighted by Gasteiger charge is 2.25. The van der Waals surface area contributed by atoms with Crippen LogP contribution in [0.2, 0.25) is 0 Å². The van der Waals surface area contributed by atoms with Crippen molar-refractivity contribution >= 4 is 11.8 Å². The van der Waals surface area contributed by atoms with E-state index in [9.17, 15) is 17.6 Å². The monoisotopic (exact) mass is 394 g/mol. The Morgan fingerprint density at radius 2 is 1.15 bits per heavy atom. The first-order valence-corrected chi connectivity index (χ1v) is 10.5. The maximum atomic E-state index is 14.0. The van der Waals surface area contributed by atoms with Gasteiger partial charge in [-0.1, -0.05) is 64.7 Å². The zero-order valence-electron chi connectivity index (χ0n) is 15.8. The third-order valence-corrected chi connectivity index (χ3v) is 5.49. The maximum absolute atomic E-state index is 14.0. The van der Waals surface area contributed by atoms with E-state index < -0.39 is 40.3 Å². The fourth-order valence-electron chi connectivity index (χ4n) is 2.82. The van der Waals surface area contributed by atoms with Gasteiger partial charge >= 0.3 is 0 Å². The smallest absolute Gasteiger partial charge is 0.175 e. The number of hydrogen-bond acceptors (Lipinski definition) is 2. The number of unbranched alkanes of at least 4 members (excludes halogenated alkanes) is 9. The molecule has 0 aliphatic carbocycles. The lowest BCUT2D eigenvalue weighted by Gasteiger charge is -2.11. The average Bonchev–Trinajstić information content (AvgIpc) is 2.64. The molecule has 0 heterocycles. The molecule has 6 heteroatoms. The molecular weight excluding hydrogens is 364 g/mol. The van der Waals surface area contributed by atoms with Gasteiger partial charge in [0.15, 0.2) is 23.3 Å². The fraction of sp³-hybridized carbons (Fsp3) is 0.700. The van der Waals surface area contributed by atoms with Crippen LogP contribution in [0.1, 0.15) is 76.7 Å². The molecule has 0 unspecified atom stereocenters. The van der Waals surface area contributed by atoms with Gasteiger partial charge in [-0.15, -0.1) is 11.8 Å². The first-order valence-electron chi connectivity index (χ1n) is 9.51. The lowest BCUT2D eigenvalue weighted by Crippen LogP contribution is -2.07. The number of rotatable bonds is 14. The largest absolute Gasteiger partial charge is 0.380 e. The van der Waals surface area contributed by atoms with E-state index in [0.717, 1.165) is 37.4 Å². The molecule has 0 N–H and O–H groups in total. The highest BCUT2D eigenvalue weighted by atomic mass is 32.2. The molecule has 0 radical (unpaired) electrons. The fourth-order valence-corrected chi connectivity index (χ4v) is 3.80. The molecule has 0 saturated carbocycles. The molecule has 0 aromatic heterocycles. The van der Waals surface area contributed by atoms with E-state index in [-0.39, 0.29) is 0 Å². The molecular formula is C20H30F4OS. The molecule has 26 heavy (non-hydrogen) atoms. The van der Waals surface area contributed by atoms with Gasteiger partial charge in [-0.2, -0.15) is 0 Å². The third-order valence-electron chi connectivity index (χ3n) is 4.35. The van der Waals surface area contributed by atoms with Crippen LogP contribution in [0.15, 0.2) is 4.90 Å². The summed E-state index contributed by atoms with van der Waals surface area (Å²) in [6, 6.07) is 0. The van der Waals surface area contributed by atoms with Crippen molar-refractivity contribution in [3.8, 4) is 0 Å². The van der Waals surface area contributed by atoms with Crippen LogP contribution in [0.5, 0.6) is 0 Å². The van der Waals surface area contributed by atoms with Crippen LogP contribution in [-0.2, 0) is 11.3 Å². The average molecular weight is 395 g/mol. The highest BCUT2D eigenvalue weighted by Crippen LogP contribution is 2.32. The van der Waals surface area contributed by atoms with Crippen molar-refractivity contribution in [1.82, 2.24) is 0 Å². The molecule has 0 saturated heterocycles. The summed E-state index contributed by atoms with van der Waals surface area (Å²) >= 11 is 0.835. The second-order valence-electron chi connectivity index (χ2n) is 6.53. The van der Waals surface area contributed by atoms with Crippen molar-refractivity contribution < 1.29 is 22.3 Å². The Labute approximate surface area is 158 Å². The topological polar surface area (TPSA) is 9.23 Å². The molecule has 0 spiro atoms. The lowest BCUT2D eigenvalue weighted by molar-refractivity contribution is 0.174. The van der Waals surface area contributed by atoms with Crippen molar-refractivity contribution in [2.45, 2.75) is 82.6 Å². The first-order chi connectivity index (χ1) is 12.5. The predicted octanol–water partition coefficient (Wildman–Crippen LogP) is 7.40. The normalized spacial score (nSPS) is 11.3. The van der Waals surface area contributed by atoms with Gasteiger partial charge in [-0.25, -0.2) is 17.6 Å². The summed E-state index contributed by atoms with van der Waals surface area (Å²) in [6.07, 6.45) is 11.6. The summed E-state index contributed by atoms with van der Waals surface area (Å²) in [4.78, 5) is -0.573. The van der Waals surface area contributed by atoms with Gasteiger partial charge in [0.2, 0.25) is 0 Å². The lowest BCUT2D eigenvalue weighted by atomic mass is 10.1. The van der Waals surface area contributed by atoms with E-state index in [1.165, 1.54) is 45.6 Å². The van der Waals surface area contributed by atoms with E-state index in [0.29, 0.717) is 5.75 Å². The van der Waals surface area contributed by atoms with Crippen LogP contribution in [0.3, 0.4) is 0 Å². The second kappa shape index (κ2) is 13.4. The standard InChI is InChI=1S/C20H30F4OS/c1-3-4-5-6-7-8-9-10-11-12-13-26-20-18(23)16(21)15(14-25-2)17(22)19(20)24/h3-14H2,1-2H3. The molecule has 150 valence electrons. The van der Waals surface area contributed by atoms with Crippen molar-refractivity contribution in [2.75, 3.05) is 12.9 Å². The van der Waals surface area contributed by atoms with Gasteiger partial charge in [0.05, 0.1) is 17.1 Å².